The van der Waals surface area contributed by atoms with Crippen LogP contribution in [0.5, 0.6) is 11.5 Å². The predicted octanol–water partition coefficient (Wildman–Crippen LogP) is 2.19. The fourth-order valence-electron chi connectivity index (χ4n) is 1.97. The number of thiocarbonyl (C=S) groups is 1. The lowest BCUT2D eigenvalue weighted by atomic mass is 10.1. The van der Waals surface area contributed by atoms with Crippen LogP contribution in [0.4, 0.5) is 11.4 Å². The van der Waals surface area contributed by atoms with E-state index in [0.29, 0.717) is 5.69 Å². The topological polar surface area (TPSA) is 154 Å². The molecule has 0 heterocycles. The van der Waals surface area contributed by atoms with Crippen molar-refractivity contribution in [1.82, 2.24) is 11.0 Å². The number of rotatable bonds is 7. The summed E-state index contributed by atoms with van der Waals surface area (Å²) in [7, 11) is 1.38. The monoisotopic (exact) mass is 388 g/mol. The summed E-state index contributed by atoms with van der Waals surface area (Å²) in [6.45, 7) is 0. The molecule has 0 aliphatic rings. The lowest BCUT2D eigenvalue weighted by molar-refractivity contribution is 0.0697. The number of azo groups is 1. The summed E-state index contributed by atoms with van der Waals surface area (Å²) in [5.41, 5.74) is 10.8. The number of phenols is 1. The minimum Gasteiger partial charge on any atom is -0.504 e. The molecular weight excluding hydrogens is 372 g/mol. The zero-order valence-corrected chi connectivity index (χ0v) is 14.9. The van der Waals surface area contributed by atoms with Crippen molar-refractivity contribution < 1.29 is 19.7 Å². The first-order chi connectivity index (χ1) is 12.9. The molecule has 0 saturated carbocycles. The van der Waals surface area contributed by atoms with Crippen LogP contribution in [0.1, 0.15) is 15.9 Å². The van der Waals surface area contributed by atoms with Gasteiger partial charge in [-0.15, -0.1) is 5.11 Å². The van der Waals surface area contributed by atoms with Gasteiger partial charge in [0.2, 0.25) is 0 Å². The van der Waals surface area contributed by atoms with Gasteiger partial charge in [0.15, 0.2) is 16.6 Å². The van der Waals surface area contributed by atoms with E-state index >= 15 is 0 Å². The van der Waals surface area contributed by atoms with E-state index in [9.17, 15) is 15.0 Å². The predicted molar refractivity (Wildman–Crippen MR) is 103 cm³/mol. The molecule has 0 aliphatic carbocycles. The number of nitrogens with two attached hydrogens (primary N) is 1. The molecule has 0 saturated heterocycles. The average molecular weight is 388 g/mol. The number of aromatic carboxylic acids is 1. The Morgan fingerprint density at radius 3 is 2.70 bits per heavy atom. The highest BCUT2D eigenvalue weighted by Gasteiger charge is 2.11. The molecule has 2 aromatic rings. The molecule has 0 bridgehead atoms. The van der Waals surface area contributed by atoms with E-state index in [-0.39, 0.29) is 33.4 Å². The number of ether oxygens (including phenoxy) is 1. The van der Waals surface area contributed by atoms with E-state index in [1.54, 1.807) is 12.1 Å². The Hall–Kier alpha value is -3.73. The smallest absolute Gasteiger partial charge is 0.337 e. The molecule has 0 radical (unpaired) electrons. The van der Waals surface area contributed by atoms with Crippen molar-refractivity contribution in [3.63, 3.8) is 0 Å². The molecule has 0 atom stereocenters. The minimum absolute atomic E-state index is 0.00593. The molecule has 0 aliphatic heterocycles. The van der Waals surface area contributed by atoms with Gasteiger partial charge >= 0.3 is 5.97 Å². The molecule has 0 fully saturated rings. The van der Waals surface area contributed by atoms with Crippen LogP contribution in [-0.2, 0) is 0 Å². The molecule has 0 amide bonds. The number of hydrazone groups is 1. The number of hydrogen-bond donors (Lipinski definition) is 5. The molecule has 6 N–H and O–H groups in total. The third-order valence-corrected chi connectivity index (χ3v) is 3.27. The van der Waals surface area contributed by atoms with Crippen LogP contribution in [-0.4, -0.2) is 34.6 Å². The lowest BCUT2D eigenvalue weighted by Gasteiger charge is -2.07. The van der Waals surface area contributed by atoms with Gasteiger partial charge in [-0.3, -0.25) is 5.43 Å². The molecule has 2 aromatic carbocycles. The number of phenolic OH excluding ortho intramolecular Hbond substituents is 1. The summed E-state index contributed by atoms with van der Waals surface area (Å²) < 4.78 is 5.10. The van der Waals surface area contributed by atoms with Gasteiger partial charge < -0.3 is 20.7 Å². The van der Waals surface area contributed by atoms with Crippen molar-refractivity contribution in [2.75, 3.05) is 7.11 Å². The summed E-state index contributed by atoms with van der Waals surface area (Å²) >= 11 is 4.61. The van der Waals surface area contributed by atoms with Crippen molar-refractivity contribution >= 4 is 40.9 Å². The molecule has 0 aromatic heterocycles. The Balaban J connectivity index is 2.33. The van der Waals surface area contributed by atoms with Crippen molar-refractivity contribution in [2.45, 2.75) is 0 Å². The fourth-order valence-corrected chi connectivity index (χ4v) is 2.01. The Bertz CT molecular complexity index is 916. The third-order valence-electron chi connectivity index (χ3n) is 3.16. The largest absolute Gasteiger partial charge is 0.504 e. The number of hydrogen-bond acceptors (Lipinski definition) is 8. The Labute approximate surface area is 159 Å². The molecular formula is C16H16N6O4S. The first-order valence-electron chi connectivity index (χ1n) is 7.41. The number of carboxylic acid groups (broad SMARTS) is 1. The maximum atomic E-state index is 11.2. The van der Waals surface area contributed by atoms with Gasteiger partial charge in [-0.05, 0) is 30.4 Å². The highest BCUT2D eigenvalue weighted by molar-refractivity contribution is 7.80. The van der Waals surface area contributed by atoms with Crippen LogP contribution in [0.25, 0.3) is 0 Å². The molecule has 0 unspecified atom stereocenters. The average Bonchev–Trinajstić information content (AvgIpc) is 2.65. The lowest BCUT2D eigenvalue weighted by Crippen LogP contribution is -2.37. The van der Waals surface area contributed by atoms with Gasteiger partial charge in [0.25, 0.3) is 0 Å². The van der Waals surface area contributed by atoms with Crippen molar-refractivity contribution in [1.29, 1.82) is 0 Å². The minimum atomic E-state index is -1.11. The molecule has 140 valence electrons. The van der Waals surface area contributed by atoms with Gasteiger partial charge in [-0.1, -0.05) is 12.1 Å². The number of benzene rings is 2. The third kappa shape index (κ3) is 5.37. The molecule has 27 heavy (non-hydrogen) atoms. The Morgan fingerprint density at radius 1 is 1.30 bits per heavy atom. The maximum absolute atomic E-state index is 11.2. The highest BCUT2D eigenvalue weighted by Crippen LogP contribution is 2.34. The Morgan fingerprint density at radius 2 is 2.04 bits per heavy atom. The molecule has 10 nitrogen and oxygen atoms in total. The van der Waals surface area contributed by atoms with Gasteiger partial charge in [0.1, 0.15) is 5.69 Å². The van der Waals surface area contributed by atoms with E-state index < -0.39 is 5.97 Å². The van der Waals surface area contributed by atoms with Crippen LogP contribution in [0, 0.1) is 0 Å². The number of nitrogens with zero attached hydrogens (tertiary/aromatic N) is 3. The number of aromatic hydroxyl groups is 1. The van der Waals surface area contributed by atoms with Crippen molar-refractivity contribution in [3.05, 3.63) is 47.5 Å². The standard InChI is InChI=1S/C16H16N6O4S/c1-26-13-7-10(6-9(14(13)23)8-18-22-21-16(17)27)19-20-12-5-3-2-4-11(12)15(24)25/h2-8,22-23H,1H3,(H,24,25)(H3,17,21,27)/b18-8-,20-19?. The fraction of sp³-hybridized carbons (Fsp3) is 0.0625. The zero-order chi connectivity index (χ0) is 19.8. The number of methoxy groups -OCH3 is 1. The summed E-state index contributed by atoms with van der Waals surface area (Å²) in [6.07, 6.45) is 1.29. The van der Waals surface area contributed by atoms with Crippen LogP contribution >= 0.6 is 12.2 Å². The van der Waals surface area contributed by atoms with Crippen LogP contribution in [0.2, 0.25) is 0 Å². The van der Waals surface area contributed by atoms with Gasteiger partial charge in [0, 0.05) is 11.6 Å². The van der Waals surface area contributed by atoms with Crippen LogP contribution in [0.15, 0.2) is 51.7 Å². The first-order valence-corrected chi connectivity index (χ1v) is 7.81. The van der Waals surface area contributed by atoms with Gasteiger partial charge in [0.05, 0.1) is 24.6 Å². The van der Waals surface area contributed by atoms with Gasteiger partial charge in [-0.2, -0.15) is 10.2 Å². The summed E-state index contributed by atoms with van der Waals surface area (Å²) in [6, 6.07) is 9.12. The summed E-state index contributed by atoms with van der Waals surface area (Å²) in [5.74, 6) is -1.14. The van der Waals surface area contributed by atoms with Crippen LogP contribution in [0.3, 0.4) is 0 Å². The van der Waals surface area contributed by atoms with E-state index in [0.717, 1.165) is 0 Å². The highest BCUT2D eigenvalue weighted by atomic mass is 32.1. The normalized spacial score (nSPS) is 10.9. The Kier molecular flexibility index (Phi) is 6.61. The molecule has 2 rings (SSSR count). The molecule has 11 heteroatoms. The number of carbonyl (C=O) groups is 1. The van der Waals surface area contributed by atoms with Crippen molar-refractivity contribution in [2.24, 2.45) is 21.1 Å². The second-order valence-corrected chi connectivity index (χ2v) is 5.41. The summed E-state index contributed by atoms with van der Waals surface area (Å²) in [4.78, 5) is 11.2. The van der Waals surface area contributed by atoms with E-state index in [4.69, 9.17) is 10.5 Å². The second kappa shape index (κ2) is 9.10. The maximum Gasteiger partial charge on any atom is 0.337 e. The first kappa shape index (κ1) is 19.6. The van der Waals surface area contributed by atoms with E-state index in [1.165, 1.54) is 37.6 Å². The quantitative estimate of drug-likeness (QED) is 0.209. The zero-order valence-electron chi connectivity index (χ0n) is 14.1. The number of carboxylic acids is 1. The molecule has 0 spiro atoms. The second-order valence-electron chi connectivity index (χ2n) is 4.97. The number of nitrogens with one attached hydrogen (secondary N) is 2. The SMILES string of the molecule is COc1cc(N=Nc2ccccc2C(=O)O)cc(/C=N\NNC(N)=S)c1O. The number of hydrazine groups is 1. The van der Waals surface area contributed by atoms with E-state index in [2.05, 4.69) is 38.5 Å². The van der Waals surface area contributed by atoms with E-state index in [1.807, 2.05) is 0 Å². The summed E-state index contributed by atoms with van der Waals surface area (Å²) in [5, 5.41) is 31.1. The van der Waals surface area contributed by atoms with Crippen molar-refractivity contribution in [3.8, 4) is 11.5 Å². The van der Waals surface area contributed by atoms with Gasteiger partial charge in [-0.25, -0.2) is 10.3 Å². The van der Waals surface area contributed by atoms with Crippen LogP contribution < -0.4 is 21.4 Å².